The molecule has 0 radical (unpaired) electrons. The van der Waals surface area contributed by atoms with Crippen molar-refractivity contribution in [2.24, 2.45) is 7.05 Å². The largest absolute Gasteiger partial charge is 0.350 e. The van der Waals surface area contributed by atoms with E-state index in [-0.39, 0.29) is 0 Å². The molecule has 0 aliphatic rings. The molecule has 0 atom stereocenters. The smallest absolute Gasteiger partial charge is 0.0709 e. The van der Waals surface area contributed by atoms with Gasteiger partial charge in [-0.3, -0.25) is 0 Å². The zero-order valence-corrected chi connectivity index (χ0v) is 12.4. The predicted molar refractivity (Wildman–Crippen MR) is 93.6 cm³/mol. The summed E-state index contributed by atoms with van der Waals surface area (Å²) in [4.78, 5) is 4.68. The highest BCUT2D eigenvalue weighted by molar-refractivity contribution is 5.92. The van der Waals surface area contributed by atoms with Crippen LogP contribution in [0.2, 0.25) is 0 Å². The minimum Gasteiger partial charge on any atom is -0.350 e. The molecule has 2 aromatic carbocycles. The fraction of sp³-hybridized carbons (Fsp3) is 0.0500. The third-order valence-electron chi connectivity index (χ3n) is 3.98. The van der Waals surface area contributed by atoms with Gasteiger partial charge in [-0.15, -0.1) is 0 Å². The summed E-state index contributed by atoms with van der Waals surface area (Å²) in [6.07, 6.45) is 6.37. The molecule has 0 unspecified atom stereocenters. The van der Waals surface area contributed by atoms with E-state index >= 15 is 0 Å². The van der Waals surface area contributed by atoms with Gasteiger partial charge in [-0.25, -0.2) is 4.98 Å². The Hall–Kier alpha value is -2.87. The topological polar surface area (TPSA) is 17.8 Å². The number of aromatic nitrogens is 2. The van der Waals surface area contributed by atoms with Gasteiger partial charge >= 0.3 is 0 Å². The van der Waals surface area contributed by atoms with Crippen LogP contribution in [0.25, 0.3) is 34.0 Å². The minimum absolute atomic E-state index is 0.978. The van der Waals surface area contributed by atoms with Gasteiger partial charge in [0.05, 0.1) is 11.2 Å². The third-order valence-corrected chi connectivity index (χ3v) is 3.98. The normalized spacial score (nSPS) is 11.7. The number of para-hydroxylation sites is 2. The summed E-state index contributed by atoms with van der Waals surface area (Å²) in [6.45, 7) is 0. The molecular weight excluding hydrogens is 268 g/mol. The molecule has 2 aromatic heterocycles. The third kappa shape index (κ3) is 2.19. The molecule has 0 aliphatic heterocycles. The summed E-state index contributed by atoms with van der Waals surface area (Å²) in [7, 11) is 2.08. The maximum atomic E-state index is 4.68. The van der Waals surface area contributed by atoms with Crippen LogP contribution in [0.5, 0.6) is 0 Å². The van der Waals surface area contributed by atoms with Crippen molar-refractivity contribution in [3.63, 3.8) is 0 Å². The molecule has 0 fully saturated rings. The molecule has 0 saturated heterocycles. The van der Waals surface area contributed by atoms with Crippen LogP contribution in [0.1, 0.15) is 11.3 Å². The van der Waals surface area contributed by atoms with Crippen LogP contribution in [-0.4, -0.2) is 9.55 Å². The van der Waals surface area contributed by atoms with Crippen molar-refractivity contribution in [3.05, 3.63) is 78.1 Å². The van der Waals surface area contributed by atoms with E-state index in [1.165, 1.54) is 21.9 Å². The molecule has 0 spiro atoms. The first-order valence-corrected chi connectivity index (χ1v) is 7.39. The first kappa shape index (κ1) is 12.8. The molecule has 2 nitrogen and oxygen atoms in total. The Morgan fingerprint density at radius 3 is 2.64 bits per heavy atom. The van der Waals surface area contributed by atoms with E-state index in [0.29, 0.717) is 0 Å². The molecular formula is C20H16N2. The number of benzene rings is 2. The fourth-order valence-electron chi connectivity index (χ4n) is 2.86. The predicted octanol–water partition coefficient (Wildman–Crippen LogP) is 4.90. The summed E-state index contributed by atoms with van der Waals surface area (Å²) in [6, 6.07) is 20.8. The Bertz CT molecular complexity index is 993. The molecule has 2 heteroatoms. The SMILES string of the molecule is Cn1cc(/C=C/c2ccc3ccccc3n2)c2ccccc21. The maximum Gasteiger partial charge on any atom is 0.0709 e. The molecule has 0 aliphatic carbocycles. The minimum atomic E-state index is 0.978. The number of pyridine rings is 1. The van der Waals surface area contributed by atoms with Crippen LogP contribution in [0, 0.1) is 0 Å². The highest BCUT2D eigenvalue weighted by Gasteiger charge is 2.02. The number of hydrogen-bond acceptors (Lipinski definition) is 1. The van der Waals surface area contributed by atoms with Crippen molar-refractivity contribution in [1.29, 1.82) is 0 Å². The lowest BCUT2D eigenvalue weighted by atomic mass is 10.1. The Morgan fingerprint density at radius 2 is 1.68 bits per heavy atom. The summed E-state index contributed by atoms with van der Waals surface area (Å²) in [5.41, 5.74) is 4.47. The van der Waals surface area contributed by atoms with Gasteiger partial charge in [0.15, 0.2) is 0 Å². The van der Waals surface area contributed by atoms with Crippen LogP contribution < -0.4 is 0 Å². The van der Waals surface area contributed by atoms with Gasteiger partial charge in [0, 0.05) is 35.1 Å². The first-order chi connectivity index (χ1) is 10.8. The number of rotatable bonds is 2. The lowest BCUT2D eigenvalue weighted by Gasteiger charge is -1.98. The van der Waals surface area contributed by atoms with Crippen LogP contribution in [0.15, 0.2) is 66.9 Å². The van der Waals surface area contributed by atoms with Gasteiger partial charge in [0.2, 0.25) is 0 Å². The van der Waals surface area contributed by atoms with Gasteiger partial charge in [-0.2, -0.15) is 0 Å². The maximum absolute atomic E-state index is 4.68. The number of nitrogens with zero attached hydrogens (tertiary/aromatic N) is 2. The lowest BCUT2D eigenvalue weighted by molar-refractivity contribution is 0.968. The average Bonchev–Trinajstić information content (AvgIpc) is 2.89. The summed E-state index contributed by atoms with van der Waals surface area (Å²) in [5.74, 6) is 0. The van der Waals surface area contributed by atoms with Gasteiger partial charge in [-0.1, -0.05) is 48.5 Å². The van der Waals surface area contributed by atoms with Crippen LogP contribution in [-0.2, 0) is 7.05 Å². The zero-order chi connectivity index (χ0) is 14.9. The highest BCUT2D eigenvalue weighted by atomic mass is 14.9. The van der Waals surface area contributed by atoms with Gasteiger partial charge in [-0.05, 0) is 24.3 Å². The monoisotopic (exact) mass is 284 g/mol. The quantitative estimate of drug-likeness (QED) is 0.512. The first-order valence-electron chi connectivity index (χ1n) is 7.39. The van der Waals surface area contributed by atoms with Crippen LogP contribution in [0.3, 0.4) is 0 Å². The van der Waals surface area contributed by atoms with Crippen molar-refractivity contribution in [3.8, 4) is 0 Å². The van der Waals surface area contributed by atoms with E-state index in [4.69, 9.17) is 0 Å². The number of aryl methyl sites for hydroxylation is 1. The summed E-state index contributed by atoms with van der Waals surface area (Å²) >= 11 is 0. The molecule has 22 heavy (non-hydrogen) atoms. The molecule has 0 saturated carbocycles. The molecule has 4 rings (SSSR count). The molecule has 0 N–H and O–H groups in total. The summed E-state index contributed by atoms with van der Waals surface area (Å²) < 4.78 is 2.16. The second-order valence-corrected chi connectivity index (χ2v) is 5.47. The van der Waals surface area contributed by atoms with Gasteiger partial charge in [0.25, 0.3) is 0 Å². The van der Waals surface area contributed by atoms with Gasteiger partial charge in [0.1, 0.15) is 0 Å². The van der Waals surface area contributed by atoms with Gasteiger partial charge < -0.3 is 4.57 Å². The van der Waals surface area contributed by atoms with Crippen LogP contribution >= 0.6 is 0 Å². The van der Waals surface area contributed by atoms with E-state index in [1.807, 2.05) is 18.2 Å². The molecule has 4 aromatic rings. The number of hydrogen-bond donors (Lipinski definition) is 0. The van der Waals surface area contributed by atoms with E-state index < -0.39 is 0 Å². The Labute approximate surface area is 129 Å². The zero-order valence-electron chi connectivity index (χ0n) is 12.4. The van der Waals surface area contributed by atoms with Crippen molar-refractivity contribution >= 4 is 34.0 Å². The van der Waals surface area contributed by atoms with Crippen molar-refractivity contribution < 1.29 is 0 Å². The highest BCUT2D eigenvalue weighted by Crippen LogP contribution is 2.22. The molecule has 2 heterocycles. The Morgan fingerprint density at radius 1 is 0.864 bits per heavy atom. The van der Waals surface area contributed by atoms with Crippen molar-refractivity contribution in [2.75, 3.05) is 0 Å². The summed E-state index contributed by atoms with van der Waals surface area (Å²) in [5, 5.41) is 2.44. The van der Waals surface area contributed by atoms with E-state index in [2.05, 4.69) is 77.4 Å². The second-order valence-electron chi connectivity index (χ2n) is 5.47. The average molecular weight is 284 g/mol. The molecule has 106 valence electrons. The second kappa shape index (κ2) is 5.15. The Balaban J connectivity index is 1.75. The fourth-order valence-corrected chi connectivity index (χ4v) is 2.86. The standard InChI is InChI=1S/C20H16N2/c1-22-14-16(18-7-3-5-9-20(18)22)11-13-17-12-10-15-6-2-4-8-19(15)21-17/h2-14H,1H3/b13-11+. The van der Waals surface area contributed by atoms with E-state index in [9.17, 15) is 0 Å². The van der Waals surface area contributed by atoms with E-state index in [0.717, 1.165) is 11.2 Å². The van der Waals surface area contributed by atoms with Crippen molar-refractivity contribution in [2.45, 2.75) is 0 Å². The van der Waals surface area contributed by atoms with E-state index in [1.54, 1.807) is 0 Å². The molecule has 0 bridgehead atoms. The van der Waals surface area contributed by atoms with Crippen molar-refractivity contribution in [1.82, 2.24) is 9.55 Å². The molecule has 0 amide bonds. The number of fused-ring (bicyclic) bond motifs is 2. The Kier molecular flexibility index (Phi) is 3.01. The lowest BCUT2D eigenvalue weighted by Crippen LogP contribution is -1.82. The van der Waals surface area contributed by atoms with Crippen LogP contribution in [0.4, 0.5) is 0 Å².